The standard InChI is InChI=1S/C7H16O4S/c1-6(2)5-7(8)3-4-12(9,10)11/h6-8H,3-5H2,1-2H3,(H,9,10,11). The molecule has 0 saturated heterocycles. The lowest BCUT2D eigenvalue weighted by atomic mass is 10.0. The molecule has 0 radical (unpaired) electrons. The fourth-order valence-electron chi connectivity index (χ4n) is 0.947. The first-order chi connectivity index (χ1) is 5.31. The Morgan fingerprint density at radius 3 is 2.17 bits per heavy atom. The van der Waals surface area contributed by atoms with Gasteiger partial charge in [-0.15, -0.1) is 0 Å². The smallest absolute Gasteiger partial charge is 0.264 e. The van der Waals surface area contributed by atoms with Gasteiger partial charge in [0.05, 0.1) is 11.9 Å². The van der Waals surface area contributed by atoms with Gasteiger partial charge < -0.3 is 5.11 Å². The Labute approximate surface area is 73.4 Å². The van der Waals surface area contributed by atoms with Gasteiger partial charge in [-0.2, -0.15) is 8.42 Å². The molecule has 0 amide bonds. The van der Waals surface area contributed by atoms with Gasteiger partial charge in [0.25, 0.3) is 10.1 Å². The maximum Gasteiger partial charge on any atom is 0.264 e. The van der Waals surface area contributed by atoms with E-state index in [-0.39, 0.29) is 12.2 Å². The summed E-state index contributed by atoms with van der Waals surface area (Å²) in [5, 5.41) is 9.21. The fraction of sp³-hybridized carbons (Fsp3) is 1.00. The molecule has 0 spiro atoms. The van der Waals surface area contributed by atoms with E-state index in [4.69, 9.17) is 4.55 Å². The van der Waals surface area contributed by atoms with Crippen molar-refractivity contribution in [3.05, 3.63) is 0 Å². The predicted molar refractivity (Wildman–Crippen MR) is 46.5 cm³/mol. The van der Waals surface area contributed by atoms with E-state index in [9.17, 15) is 13.5 Å². The van der Waals surface area contributed by atoms with Crippen LogP contribution in [0.5, 0.6) is 0 Å². The van der Waals surface area contributed by atoms with E-state index in [0.29, 0.717) is 12.3 Å². The van der Waals surface area contributed by atoms with Gasteiger partial charge in [-0.1, -0.05) is 13.8 Å². The van der Waals surface area contributed by atoms with Crippen LogP contribution in [0.4, 0.5) is 0 Å². The zero-order valence-electron chi connectivity index (χ0n) is 7.40. The van der Waals surface area contributed by atoms with Crippen molar-refractivity contribution in [2.45, 2.75) is 32.8 Å². The normalized spacial score (nSPS) is 15.1. The highest BCUT2D eigenvalue weighted by Gasteiger charge is 2.11. The quantitative estimate of drug-likeness (QED) is 0.634. The SMILES string of the molecule is CC(C)CC(O)CCS(=O)(=O)O. The van der Waals surface area contributed by atoms with Crippen LogP contribution in [0.15, 0.2) is 0 Å². The van der Waals surface area contributed by atoms with Crippen LogP contribution in [0.25, 0.3) is 0 Å². The lowest BCUT2D eigenvalue weighted by molar-refractivity contribution is 0.145. The van der Waals surface area contributed by atoms with Crippen molar-refractivity contribution in [1.29, 1.82) is 0 Å². The largest absolute Gasteiger partial charge is 0.393 e. The molecule has 0 aliphatic heterocycles. The highest BCUT2D eigenvalue weighted by Crippen LogP contribution is 2.08. The molecule has 0 aliphatic carbocycles. The van der Waals surface area contributed by atoms with Crippen molar-refractivity contribution in [2.75, 3.05) is 5.75 Å². The Balaban J connectivity index is 3.65. The Kier molecular flexibility index (Phi) is 4.74. The molecular weight excluding hydrogens is 180 g/mol. The van der Waals surface area contributed by atoms with Crippen LogP contribution in [-0.4, -0.2) is 29.9 Å². The highest BCUT2D eigenvalue weighted by atomic mass is 32.2. The van der Waals surface area contributed by atoms with E-state index in [2.05, 4.69) is 0 Å². The summed E-state index contributed by atoms with van der Waals surface area (Å²) in [5.74, 6) is -0.0256. The topological polar surface area (TPSA) is 74.6 Å². The molecule has 5 heteroatoms. The summed E-state index contributed by atoms with van der Waals surface area (Å²) in [4.78, 5) is 0. The van der Waals surface area contributed by atoms with Gasteiger partial charge >= 0.3 is 0 Å². The van der Waals surface area contributed by atoms with Gasteiger partial charge in [-0.25, -0.2) is 0 Å². The Morgan fingerprint density at radius 2 is 1.83 bits per heavy atom. The second kappa shape index (κ2) is 4.79. The van der Waals surface area contributed by atoms with Gasteiger partial charge in [0.1, 0.15) is 0 Å². The Bertz CT molecular complexity index is 207. The van der Waals surface area contributed by atoms with Gasteiger partial charge in [-0.3, -0.25) is 4.55 Å². The number of hydrogen-bond acceptors (Lipinski definition) is 3. The molecule has 0 saturated carbocycles. The Morgan fingerprint density at radius 1 is 1.33 bits per heavy atom. The van der Waals surface area contributed by atoms with Gasteiger partial charge in [0, 0.05) is 0 Å². The molecule has 0 rings (SSSR count). The number of hydrogen-bond donors (Lipinski definition) is 2. The van der Waals surface area contributed by atoms with Crippen LogP contribution in [0.1, 0.15) is 26.7 Å². The van der Waals surface area contributed by atoms with Crippen molar-refractivity contribution in [3.8, 4) is 0 Å². The van der Waals surface area contributed by atoms with E-state index in [0.717, 1.165) is 0 Å². The monoisotopic (exact) mass is 196 g/mol. The second-order valence-corrected chi connectivity index (χ2v) is 4.93. The summed E-state index contributed by atoms with van der Waals surface area (Å²) in [5.41, 5.74) is 0. The van der Waals surface area contributed by atoms with Gasteiger partial charge in [0.15, 0.2) is 0 Å². The fourth-order valence-corrected chi connectivity index (χ4v) is 1.52. The van der Waals surface area contributed by atoms with Crippen LogP contribution in [0, 0.1) is 5.92 Å². The molecule has 2 N–H and O–H groups in total. The molecule has 1 unspecified atom stereocenters. The van der Waals surface area contributed by atoms with Crippen LogP contribution in [-0.2, 0) is 10.1 Å². The van der Waals surface area contributed by atoms with Crippen molar-refractivity contribution < 1.29 is 18.1 Å². The summed E-state index contributed by atoms with van der Waals surface area (Å²) in [6.45, 7) is 3.88. The van der Waals surface area contributed by atoms with E-state index in [1.165, 1.54) is 0 Å². The molecule has 12 heavy (non-hydrogen) atoms. The van der Waals surface area contributed by atoms with Crippen molar-refractivity contribution >= 4 is 10.1 Å². The minimum Gasteiger partial charge on any atom is -0.393 e. The number of rotatable bonds is 5. The number of aliphatic hydroxyl groups excluding tert-OH is 1. The molecule has 0 fully saturated rings. The van der Waals surface area contributed by atoms with Crippen LogP contribution >= 0.6 is 0 Å². The molecule has 0 heterocycles. The summed E-state index contributed by atoms with van der Waals surface area (Å²) >= 11 is 0. The minimum atomic E-state index is -3.91. The third-order valence-electron chi connectivity index (χ3n) is 1.45. The lowest BCUT2D eigenvalue weighted by Crippen LogP contribution is -2.16. The third kappa shape index (κ3) is 7.97. The van der Waals surface area contributed by atoms with Gasteiger partial charge in [0.2, 0.25) is 0 Å². The highest BCUT2D eigenvalue weighted by molar-refractivity contribution is 7.85. The van der Waals surface area contributed by atoms with Crippen LogP contribution in [0.3, 0.4) is 0 Å². The summed E-state index contributed by atoms with van der Waals surface area (Å²) in [6, 6.07) is 0. The average molecular weight is 196 g/mol. The summed E-state index contributed by atoms with van der Waals surface area (Å²) < 4.78 is 28.9. The van der Waals surface area contributed by atoms with E-state index >= 15 is 0 Å². The predicted octanol–water partition coefficient (Wildman–Crippen LogP) is 0.671. The maximum absolute atomic E-state index is 10.3. The Hall–Kier alpha value is -0.130. The second-order valence-electron chi connectivity index (χ2n) is 3.36. The first-order valence-electron chi connectivity index (χ1n) is 3.94. The van der Waals surface area contributed by atoms with Crippen LogP contribution in [0.2, 0.25) is 0 Å². The molecule has 4 nitrogen and oxygen atoms in total. The van der Waals surface area contributed by atoms with Gasteiger partial charge in [-0.05, 0) is 18.8 Å². The van der Waals surface area contributed by atoms with Crippen molar-refractivity contribution in [3.63, 3.8) is 0 Å². The van der Waals surface area contributed by atoms with Crippen molar-refractivity contribution in [2.24, 2.45) is 5.92 Å². The number of aliphatic hydroxyl groups is 1. The first kappa shape index (κ1) is 11.9. The molecule has 0 aliphatic rings. The summed E-state index contributed by atoms with van der Waals surface area (Å²) in [7, 11) is -3.91. The van der Waals surface area contributed by atoms with E-state index in [1.54, 1.807) is 0 Å². The van der Waals surface area contributed by atoms with Crippen molar-refractivity contribution in [1.82, 2.24) is 0 Å². The maximum atomic E-state index is 10.3. The molecule has 1 atom stereocenters. The lowest BCUT2D eigenvalue weighted by Gasteiger charge is -2.11. The molecule has 0 aromatic heterocycles. The first-order valence-corrected chi connectivity index (χ1v) is 5.55. The summed E-state index contributed by atoms with van der Waals surface area (Å²) in [6.07, 6.45) is 0.0407. The van der Waals surface area contributed by atoms with Crippen LogP contribution < -0.4 is 0 Å². The zero-order chi connectivity index (χ0) is 9.78. The van der Waals surface area contributed by atoms with E-state index in [1.807, 2.05) is 13.8 Å². The molecular formula is C7H16O4S. The minimum absolute atomic E-state index is 0.108. The average Bonchev–Trinajstić information content (AvgIpc) is 1.80. The van der Waals surface area contributed by atoms with E-state index < -0.39 is 16.2 Å². The molecule has 0 aromatic carbocycles. The zero-order valence-corrected chi connectivity index (χ0v) is 8.21. The third-order valence-corrected chi connectivity index (χ3v) is 2.20. The molecule has 74 valence electrons. The molecule has 0 bridgehead atoms. The molecule has 0 aromatic rings.